The maximum atomic E-state index is 9.68. The molecular weight excluding hydrogens is 176 g/mol. The highest BCUT2D eigenvalue weighted by molar-refractivity contribution is 4.68. The topological polar surface area (TPSA) is 40.5 Å². The third kappa shape index (κ3) is 6.39. The van der Waals surface area contributed by atoms with Gasteiger partial charge in [-0.3, -0.25) is 0 Å². The van der Waals surface area contributed by atoms with Gasteiger partial charge in [0, 0.05) is 5.92 Å². The van der Waals surface area contributed by atoms with E-state index in [-0.39, 0.29) is 12.0 Å². The molecule has 0 fully saturated rings. The minimum atomic E-state index is -0.402. The van der Waals surface area contributed by atoms with Crippen molar-refractivity contribution in [3.63, 3.8) is 0 Å². The van der Waals surface area contributed by atoms with Crippen LogP contribution in [0, 0.1) is 5.92 Å². The van der Waals surface area contributed by atoms with Gasteiger partial charge in [-0.25, -0.2) is 0 Å². The van der Waals surface area contributed by atoms with E-state index in [1.807, 2.05) is 6.92 Å². The van der Waals surface area contributed by atoms with E-state index in [4.69, 9.17) is 0 Å². The van der Waals surface area contributed by atoms with Crippen molar-refractivity contribution in [2.75, 3.05) is 0 Å². The number of aliphatic hydroxyl groups is 2. The molecule has 14 heavy (non-hydrogen) atoms. The van der Waals surface area contributed by atoms with Crippen LogP contribution in [0.5, 0.6) is 0 Å². The first-order valence-corrected chi connectivity index (χ1v) is 5.95. The molecule has 2 nitrogen and oxygen atoms in total. The van der Waals surface area contributed by atoms with Crippen LogP contribution in [-0.2, 0) is 0 Å². The molecule has 2 N–H and O–H groups in total. The lowest BCUT2D eigenvalue weighted by Crippen LogP contribution is -2.27. The lowest BCUT2D eigenvalue weighted by atomic mass is 9.94. The second kappa shape index (κ2) is 8.25. The van der Waals surface area contributed by atoms with Crippen molar-refractivity contribution >= 4 is 0 Å². The molecule has 0 radical (unpaired) electrons. The van der Waals surface area contributed by atoms with E-state index in [1.165, 1.54) is 25.7 Å². The lowest BCUT2D eigenvalue weighted by Gasteiger charge is -2.21. The summed E-state index contributed by atoms with van der Waals surface area (Å²) in [4.78, 5) is 0. The predicted molar refractivity (Wildman–Crippen MR) is 60.2 cm³/mol. The van der Waals surface area contributed by atoms with Crippen molar-refractivity contribution in [3.05, 3.63) is 0 Å². The van der Waals surface area contributed by atoms with E-state index >= 15 is 0 Å². The summed E-state index contributed by atoms with van der Waals surface area (Å²) < 4.78 is 0. The molecule has 0 saturated heterocycles. The van der Waals surface area contributed by atoms with Crippen LogP contribution in [0.25, 0.3) is 0 Å². The van der Waals surface area contributed by atoms with Crippen molar-refractivity contribution in [2.45, 2.75) is 71.5 Å². The summed E-state index contributed by atoms with van der Waals surface area (Å²) in [5, 5.41) is 19.0. The Morgan fingerprint density at radius 3 is 2.00 bits per heavy atom. The molecule has 0 rings (SSSR count). The number of unbranched alkanes of at least 4 members (excludes halogenated alkanes) is 4. The third-order valence-corrected chi connectivity index (χ3v) is 2.97. The zero-order valence-corrected chi connectivity index (χ0v) is 9.87. The molecular formula is C12H26O2. The fourth-order valence-electron chi connectivity index (χ4n) is 1.54. The molecule has 0 aliphatic carbocycles. The van der Waals surface area contributed by atoms with Crippen LogP contribution in [-0.4, -0.2) is 22.4 Å². The smallest absolute Gasteiger partial charge is 0.0590 e. The fourth-order valence-corrected chi connectivity index (χ4v) is 1.54. The standard InChI is InChI=1S/C12H26O2/c1-4-5-6-7-8-9-12(14)10(2)11(3)13/h10-14H,4-9H2,1-3H3. The summed E-state index contributed by atoms with van der Waals surface area (Å²) in [7, 11) is 0. The molecule has 3 unspecified atom stereocenters. The summed E-state index contributed by atoms with van der Waals surface area (Å²) in [6.07, 6.45) is 6.20. The van der Waals surface area contributed by atoms with Crippen molar-refractivity contribution < 1.29 is 10.2 Å². The van der Waals surface area contributed by atoms with Gasteiger partial charge in [-0.05, 0) is 13.3 Å². The van der Waals surface area contributed by atoms with Crippen molar-refractivity contribution in [1.82, 2.24) is 0 Å². The van der Waals surface area contributed by atoms with Gasteiger partial charge in [0.05, 0.1) is 12.2 Å². The van der Waals surface area contributed by atoms with Gasteiger partial charge in [0.25, 0.3) is 0 Å². The van der Waals surface area contributed by atoms with Gasteiger partial charge in [0.1, 0.15) is 0 Å². The number of hydrogen-bond donors (Lipinski definition) is 2. The van der Waals surface area contributed by atoms with Crippen LogP contribution < -0.4 is 0 Å². The summed E-state index contributed by atoms with van der Waals surface area (Å²) >= 11 is 0. The Hall–Kier alpha value is -0.0800. The molecule has 0 amide bonds. The van der Waals surface area contributed by atoms with Crippen LogP contribution in [0.1, 0.15) is 59.3 Å². The minimum Gasteiger partial charge on any atom is -0.393 e. The van der Waals surface area contributed by atoms with Gasteiger partial charge in [-0.15, -0.1) is 0 Å². The Morgan fingerprint density at radius 2 is 1.50 bits per heavy atom. The number of rotatable bonds is 8. The fraction of sp³-hybridized carbons (Fsp3) is 1.00. The van der Waals surface area contributed by atoms with Gasteiger partial charge in [0.15, 0.2) is 0 Å². The molecule has 0 aliphatic heterocycles. The zero-order valence-electron chi connectivity index (χ0n) is 9.87. The quantitative estimate of drug-likeness (QED) is 0.594. The normalized spacial score (nSPS) is 17.8. The number of hydrogen-bond acceptors (Lipinski definition) is 2. The summed E-state index contributed by atoms with van der Waals surface area (Å²) in [5.41, 5.74) is 0. The SMILES string of the molecule is CCCCCCCC(O)C(C)C(C)O. The van der Waals surface area contributed by atoms with E-state index in [0.717, 1.165) is 12.8 Å². The first-order chi connectivity index (χ1) is 6.59. The molecule has 86 valence electrons. The Bertz CT molecular complexity index is 123. The second-order valence-electron chi connectivity index (χ2n) is 4.37. The Morgan fingerprint density at radius 1 is 0.929 bits per heavy atom. The highest BCUT2D eigenvalue weighted by atomic mass is 16.3. The molecule has 0 heterocycles. The second-order valence-corrected chi connectivity index (χ2v) is 4.37. The van der Waals surface area contributed by atoms with Crippen LogP contribution in [0.4, 0.5) is 0 Å². The Kier molecular flexibility index (Phi) is 8.20. The van der Waals surface area contributed by atoms with Crippen LogP contribution in [0.3, 0.4) is 0 Å². The minimum absolute atomic E-state index is 0.00109. The van der Waals surface area contributed by atoms with E-state index in [9.17, 15) is 10.2 Å². The molecule has 2 heteroatoms. The van der Waals surface area contributed by atoms with Crippen molar-refractivity contribution in [1.29, 1.82) is 0 Å². The molecule has 0 saturated carbocycles. The first-order valence-electron chi connectivity index (χ1n) is 5.95. The van der Waals surface area contributed by atoms with E-state index in [1.54, 1.807) is 6.92 Å². The molecule has 0 aliphatic rings. The Balaban J connectivity index is 3.39. The monoisotopic (exact) mass is 202 g/mol. The van der Waals surface area contributed by atoms with Crippen LogP contribution in [0.2, 0.25) is 0 Å². The summed E-state index contributed by atoms with van der Waals surface area (Å²) in [6, 6.07) is 0. The molecule has 0 spiro atoms. The lowest BCUT2D eigenvalue weighted by molar-refractivity contribution is 0.0257. The molecule has 0 aromatic carbocycles. The average molecular weight is 202 g/mol. The first kappa shape index (κ1) is 13.9. The van der Waals surface area contributed by atoms with Gasteiger partial charge in [-0.1, -0.05) is 46.0 Å². The van der Waals surface area contributed by atoms with Gasteiger partial charge < -0.3 is 10.2 Å². The maximum absolute atomic E-state index is 9.68. The summed E-state index contributed by atoms with van der Waals surface area (Å²) in [5.74, 6) is 0.00109. The van der Waals surface area contributed by atoms with Crippen molar-refractivity contribution in [2.24, 2.45) is 5.92 Å². The van der Waals surface area contributed by atoms with Crippen LogP contribution in [0.15, 0.2) is 0 Å². The zero-order chi connectivity index (χ0) is 11.0. The molecule has 0 aromatic heterocycles. The molecule has 3 atom stereocenters. The summed E-state index contributed by atoms with van der Waals surface area (Å²) in [6.45, 7) is 5.84. The number of aliphatic hydroxyl groups excluding tert-OH is 2. The van der Waals surface area contributed by atoms with E-state index < -0.39 is 6.10 Å². The van der Waals surface area contributed by atoms with Gasteiger partial charge in [0.2, 0.25) is 0 Å². The van der Waals surface area contributed by atoms with Crippen molar-refractivity contribution in [3.8, 4) is 0 Å². The van der Waals surface area contributed by atoms with Crippen LogP contribution >= 0.6 is 0 Å². The molecule has 0 bridgehead atoms. The highest BCUT2D eigenvalue weighted by Gasteiger charge is 2.17. The highest BCUT2D eigenvalue weighted by Crippen LogP contribution is 2.15. The van der Waals surface area contributed by atoms with Gasteiger partial charge in [-0.2, -0.15) is 0 Å². The molecule has 0 aromatic rings. The largest absolute Gasteiger partial charge is 0.393 e. The average Bonchev–Trinajstić information content (AvgIpc) is 2.16. The predicted octanol–water partition coefficient (Wildman–Crippen LogP) is 2.72. The van der Waals surface area contributed by atoms with E-state index in [2.05, 4.69) is 6.92 Å². The van der Waals surface area contributed by atoms with E-state index in [0.29, 0.717) is 0 Å². The maximum Gasteiger partial charge on any atom is 0.0590 e. The Labute approximate surface area is 88.3 Å². The van der Waals surface area contributed by atoms with Gasteiger partial charge >= 0.3 is 0 Å². The third-order valence-electron chi connectivity index (χ3n) is 2.97.